The molecule has 1 fully saturated rings. The first-order chi connectivity index (χ1) is 16.6. The van der Waals surface area contributed by atoms with Crippen molar-refractivity contribution in [1.82, 2.24) is 15.0 Å². The number of allylic oxidation sites excluding steroid dienone is 1. The summed E-state index contributed by atoms with van der Waals surface area (Å²) in [5, 5.41) is 22.3. The second-order valence-corrected chi connectivity index (χ2v) is 10.5. The summed E-state index contributed by atoms with van der Waals surface area (Å²) in [6, 6.07) is 15.0. The van der Waals surface area contributed by atoms with Crippen molar-refractivity contribution in [3.8, 4) is 28.8 Å². The first kappa shape index (κ1) is 24.9. The van der Waals surface area contributed by atoms with Gasteiger partial charge in [-0.05, 0) is 76.3 Å². The van der Waals surface area contributed by atoms with Gasteiger partial charge in [0.1, 0.15) is 29.5 Å². The fourth-order valence-corrected chi connectivity index (χ4v) is 5.18. The molecule has 0 aliphatic carbocycles. The van der Waals surface area contributed by atoms with Crippen molar-refractivity contribution in [3.05, 3.63) is 77.2 Å². The molecule has 3 aromatic rings. The van der Waals surface area contributed by atoms with Gasteiger partial charge in [-0.3, -0.25) is 0 Å². The molecule has 2 aromatic carbocycles. The summed E-state index contributed by atoms with van der Waals surface area (Å²) in [5.41, 5.74) is 2.05. The van der Waals surface area contributed by atoms with Gasteiger partial charge in [-0.2, -0.15) is 10.3 Å². The largest absolute Gasteiger partial charge is 0.454 e. The van der Waals surface area contributed by atoms with E-state index in [2.05, 4.69) is 55.9 Å². The van der Waals surface area contributed by atoms with E-state index in [0.29, 0.717) is 39.3 Å². The Morgan fingerprint density at radius 2 is 1.86 bits per heavy atom. The maximum atomic E-state index is 10.5. The highest BCUT2D eigenvalue weighted by Gasteiger charge is 2.44. The van der Waals surface area contributed by atoms with Crippen molar-refractivity contribution >= 4 is 17.7 Å². The Labute approximate surface area is 211 Å². The van der Waals surface area contributed by atoms with Gasteiger partial charge in [0.05, 0.1) is 10.7 Å². The molecule has 0 spiro atoms. The van der Waals surface area contributed by atoms with Gasteiger partial charge in [0.2, 0.25) is 0 Å². The normalized spacial score (nSPS) is 17.9. The highest BCUT2D eigenvalue weighted by atomic mass is 35.5. The van der Waals surface area contributed by atoms with E-state index < -0.39 is 0 Å². The van der Waals surface area contributed by atoms with Gasteiger partial charge in [-0.15, -0.1) is 0 Å². The van der Waals surface area contributed by atoms with Crippen LogP contribution in [0.4, 0.5) is 0 Å². The quantitative estimate of drug-likeness (QED) is 0.411. The maximum absolute atomic E-state index is 10.5. The van der Waals surface area contributed by atoms with Crippen molar-refractivity contribution in [2.45, 2.75) is 51.6 Å². The molecule has 7 heteroatoms. The van der Waals surface area contributed by atoms with E-state index in [0.717, 1.165) is 18.4 Å². The Balaban J connectivity index is 1.54. The van der Waals surface area contributed by atoms with Crippen LogP contribution in [0.1, 0.15) is 51.7 Å². The monoisotopic (exact) mass is 488 g/mol. The zero-order valence-corrected chi connectivity index (χ0v) is 21.1. The SMILES string of the molecule is CC1(C)CC(/C=C/c2ccc(Oc3cccc(-c4ccncn4)c3C#N)c(Cl)c2)CC(C)(C)N1O. The number of hydrogen-bond donors (Lipinski definition) is 1. The van der Waals surface area contributed by atoms with Crippen LogP contribution in [0.3, 0.4) is 0 Å². The zero-order chi connectivity index (χ0) is 25.2. The van der Waals surface area contributed by atoms with E-state index in [1.165, 1.54) is 11.4 Å². The summed E-state index contributed by atoms with van der Waals surface area (Å²) in [7, 11) is 0. The Morgan fingerprint density at radius 1 is 1.11 bits per heavy atom. The molecule has 0 amide bonds. The minimum Gasteiger partial charge on any atom is -0.454 e. The number of rotatable bonds is 5. The maximum Gasteiger partial charge on any atom is 0.146 e. The lowest BCUT2D eigenvalue weighted by molar-refractivity contribution is -0.247. The topological polar surface area (TPSA) is 82.3 Å². The van der Waals surface area contributed by atoms with Gasteiger partial charge in [0.25, 0.3) is 0 Å². The molecular weight excluding hydrogens is 460 g/mol. The summed E-state index contributed by atoms with van der Waals surface area (Å²) in [5.74, 6) is 1.21. The van der Waals surface area contributed by atoms with E-state index in [1.807, 2.05) is 30.3 Å². The molecule has 2 heterocycles. The third-order valence-electron chi connectivity index (χ3n) is 6.40. The van der Waals surface area contributed by atoms with Crippen LogP contribution in [0.5, 0.6) is 11.5 Å². The van der Waals surface area contributed by atoms with Crippen LogP contribution in [0.2, 0.25) is 5.02 Å². The highest BCUT2D eigenvalue weighted by Crippen LogP contribution is 2.41. The third-order valence-corrected chi connectivity index (χ3v) is 6.70. The summed E-state index contributed by atoms with van der Waals surface area (Å²) >= 11 is 6.56. The van der Waals surface area contributed by atoms with Crippen LogP contribution in [0, 0.1) is 17.2 Å². The number of benzene rings is 2. The molecule has 1 aliphatic rings. The average molecular weight is 489 g/mol. The smallest absolute Gasteiger partial charge is 0.146 e. The minimum absolute atomic E-state index is 0.301. The van der Waals surface area contributed by atoms with Crippen molar-refractivity contribution in [3.63, 3.8) is 0 Å². The van der Waals surface area contributed by atoms with Gasteiger partial charge >= 0.3 is 0 Å². The van der Waals surface area contributed by atoms with E-state index >= 15 is 0 Å². The number of aromatic nitrogens is 2. The number of piperidine rings is 1. The van der Waals surface area contributed by atoms with Crippen LogP contribution >= 0.6 is 11.6 Å². The predicted octanol–water partition coefficient (Wildman–Crippen LogP) is 7.13. The van der Waals surface area contributed by atoms with Gasteiger partial charge in [-0.1, -0.05) is 42.0 Å². The lowest BCUT2D eigenvalue weighted by Crippen LogP contribution is -2.58. The first-order valence-corrected chi connectivity index (χ1v) is 11.9. The molecule has 1 aliphatic heterocycles. The third kappa shape index (κ3) is 5.38. The number of hydroxylamine groups is 2. The fraction of sp³-hybridized carbons (Fsp3) is 0.321. The minimum atomic E-state index is -0.301. The van der Waals surface area contributed by atoms with Crippen LogP contribution in [-0.2, 0) is 0 Å². The van der Waals surface area contributed by atoms with Gasteiger partial charge in [0.15, 0.2) is 0 Å². The summed E-state index contributed by atoms with van der Waals surface area (Å²) in [4.78, 5) is 8.19. The van der Waals surface area contributed by atoms with Crippen molar-refractivity contribution < 1.29 is 9.94 Å². The van der Waals surface area contributed by atoms with Crippen LogP contribution in [0.25, 0.3) is 17.3 Å². The van der Waals surface area contributed by atoms with Crippen LogP contribution < -0.4 is 4.74 Å². The van der Waals surface area contributed by atoms with Crippen molar-refractivity contribution in [2.24, 2.45) is 5.92 Å². The molecule has 4 rings (SSSR count). The first-order valence-electron chi connectivity index (χ1n) is 11.5. The summed E-state index contributed by atoms with van der Waals surface area (Å²) in [6.45, 7) is 8.25. The van der Waals surface area contributed by atoms with Crippen LogP contribution in [0.15, 0.2) is 61.1 Å². The lowest BCUT2D eigenvalue weighted by atomic mass is 9.75. The molecule has 0 unspecified atom stereocenters. The summed E-state index contributed by atoms with van der Waals surface area (Å²) < 4.78 is 6.05. The predicted molar refractivity (Wildman–Crippen MR) is 137 cm³/mol. The van der Waals surface area contributed by atoms with Gasteiger partial charge in [-0.25, -0.2) is 9.97 Å². The second-order valence-electron chi connectivity index (χ2n) is 10.1. The molecule has 0 bridgehead atoms. The van der Waals surface area contributed by atoms with Gasteiger partial charge in [0, 0.05) is 22.8 Å². The number of halogens is 1. The van der Waals surface area contributed by atoms with Crippen LogP contribution in [-0.4, -0.2) is 31.3 Å². The highest BCUT2D eigenvalue weighted by molar-refractivity contribution is 6.32. The molecule has 180 valence electrons. The van der Waals surface area contributed by atoms with Crippen molar-refractivity contribution in [2.75, 3.05) is 0 Å². The lowest BCUT2D eigenvalue weighted by Gasteiger charge is -2.51. The number of nitriles is 1. The number of nitrogens with zero attached hydrogens (tertiary/aromatic N) is 4. The Kier molecular flexibility index (Phi) is 6.95. The average Bonchev–Trinajstić information content (AvgIpc) is 2.83. The number of hydrogen-bond acceptors (Lipinski definition) is 6. The van der Waals surface area contributed by atoms with E-state index in [-0.39, 0.29) is 11.1 Å². The zero-order valence-electron chi connectivity index (χ0n) is 20.4. The molecule has 1 saturated heterocycles. The molecule has 6 nitrogen and oxygen atoms in total. The Bertz CT molecular complexity index is 1260. The Hall–Kier alpha value is -3.24. The molecule has 35 heavy (non-hydrogen) atoms. The standard InChI is InChI=1S/C28H29ClN4O2/c1-27(2)15-20(16-28(3,4)33(27)34)9-8-19-10-11-26(23(29)14-19)35-25-7-5-6-21(22(25)17-30)24-12-13-31-18-32-24/h5-14,18,20,34H,15-16H2,1-4H3/b9-8+. The number of ether oxygens (including phenoxy) is 1. The van der Waals surface area contributed by atoms with E-state index in [9.17, 15) is 10.5 Å². The molecular formula is C28H29ClN4O2. The molecule has 0 atom stereocenters. The second kappa shape index (κ2) is 9.79. The fourth-order valence-electron chi connectivity index (χ4n) is 4.95. The molecule has 0 saturated carbocycles. The van der Waals surface area contributed by atoms with Crippen molar-refractivity contribution in [1.29, 1.82) is 5.26 Å². The molecule has 1 N–H and O–H groups in total. The Morgan fingerprint density at radius 3 is 2.49 bits per heavy atom. The van der Waals surface area contributed by atoms with Gasteiger partial charge < -0.3 is 9.94 Å². The van der Waals surface area contributed by atoms with E-state index in [1.54, 1.807) is 18.3 Å². The molecule has 1 aromatic heterocycles. The van der Waals surface area contributed by atoms with E-state index in [4.69, 9.17) is 16.3 Å². The molecule has 0 radical (unpaired) electrons. The summed E-state index contributed by atoms with van der Waals surface area (Å²) in [6.07, 6.45) is 9.06.